The Hall–Kier alpha value is -0.610. The molecule has 4 aliphatic rings. The lowest BCUT2D eigenvalue weighted by atomic mass is 9.43. The third-order valence-electron chi connectivity index (χ3n) is 9.98. The minimum Gasteiger partial charge on any atom is -0.481 e. The van der Waals surface area contributed by atoms with E-state index in [0.717, 1.165) is 38.5 Å². The van der Waals surface area contributed by atoms with Crippen LogP contribution in [0.5, 0.6) is 0 Å². The Kier molecular flexibility index (Phi) is 15.3. The lowest BCUT2D eigenvalue weighted by Crippen LogP contribution is -2.63. The fourth-order valence-corrected chi connectivity index (χ4v) is 8.45. The Morgan fingerprint density at radius 3 is 1.94 bits per heavy atom. The highest BCUT2D eigenvalue weighted by molar-refractivity contribution is 5.66. The van der Waals surface area contributed by atoms with E-state index in [1.165, 1.54) is 25.7 Å². The van der Waals surface area contributed by atoms with E-state index in [1.54, 1.807) is 0 Å². The normalized spacial score (nSPS) is 38.0. The highest BCUT2D eigenvalue weighted by atomic mass is 16.5. The molecule has 0 aromatic heterocycles. The zero-order valence-electron chi connectivity index (χ0n) is 25.1. The molecule has 0 spiro atoms. The maximum absolute atomic E-state index is 11.0. The van der Waals surface area contributed by atoms with Crippen molar-refractivity contribution in [3.8, 4) is 0 Å². The van der Waals surface area contributed by atoms with Gasteiger partial charge >= 0.3 is 5.97 Å². The van der Waals surface area contributed by atoms with Crippen molar-refractivity contribution in [2.45, 2.75) is 152 Å². The number of hydrogen-bond donors (Lipinski definition) is 3. The summed E-state index contributed by atoms with van der Waals surface area (Å²) in [5, 5.41) is 31.0. The first kappa shape index (κ1) is 34.4. The van der Waals surface area contributed by atoms with Gasteiger partial charge in [0.15, 0.2) is 5.79 Å². The molecule has 4 fully saturated rings. The van der Waals surface area contributed by atoms with Gasteiger partial charge in [-0.3, -0.25) is 4.79 Å². The summed E-state index contributed by atoms with van der Waals surface area (Å²) in [6, 6.07) is 0. The van der Waals surface area contributed by atoms with E-state index in [0.29, 0.717) is 47.8 Å². The predicted octanol–water partition coefficient (Wildman–Crippen LogP) is 8.69. The third-order valence-corrected chi connectivity index (χ3v) is 9.98. The monoisotopic (exact) mass is 498 g/mol. The standard InChI is InChI=1S/C23H38O4.4C2H6/c1-21-14-12-19-17(18(21)11-9-15(21)5-3-7-20(24)25)10-8-16-6-4-13-23(26,27)22(16,19)2;4*1-2/h15-19,26-27H,3-14H2,1-2H3,(H,24,25);4*1-2H3. The average molecular weight is 499 g/mol. The van der Waals surface area contributed by atoms with E-state index in [4.69, 9.17) is 5.11 Å². The van der Waals surface area contributed by atoms with Gasteiger partial charge in [-0.2, -0.15) is 0 Å². The molecule has 0 aliphatic heterocycles. The van der Waals surface area contributed by atoms with Gasteiger partial charge in [-0.05, 0) is 99.2 Å². The Bertz CT molecular complexity index is 589. The molecular formula is C31H62O4. The van der Waals surface area contributed by atoms with Crippen molar-refractivity contribution in [2.24, 2.45) is 40.4 Å². The SMILES string of the molecule is CC.CC.CC.CC.CC12CCC3C(CCC4CCCC(O)(O)C43C)C1CCC2CCCC(=O)O. The first-order valence-corrected chi connectivity index (χ1v) is 15.4. The molecule has 0 aromatic rings. The third kappa shape index (κ3) is 6.83. The molecule has 0 bridgehead atoms. The summed E-state index contributed by atoms with van der Waals surface area (Å²) in [6.07, 6.45) is 11.9. The molecule has 4 saturated carbocycles. The highest BCUT2D eigenvalue weighted by Gasteiger charge is 2.65. The van der Waals surface area contributed by atoms with Gasteiger partial charge in [0.05, 0.1) is 0 Å². The van der Waals surface area contributed by atoms with Crippen LogP contribution in [0.15, 0.2) is 0 Å². The second-order valence-electron chi connectivity index (χ2n) is 10.7. The van der Waals surface area contributed by atoms with Crippen molar-refractivity contribution in [3.05, 3.63) is 0 Å². The Labute approximate surface area is 218 Å². The molecule has 0 amide bonds. The van der Waals surface area contributed by atoms with Crippen molar-refractivity contribution in [2.75, 3.05) is 0 Å². The number of aliphatic hydroxyl groups is 2. The van der Waals surface area contributed by atoms with Crippen LogP contribution in [0.2, 0.25) is 0 Å². The Morgan fingerprint density at radius 2 is 1.37 bits per heavy atom. The lowest BCUT2D eigenvalue weighted by Gasteiger charge is -2.63. The molecule has 0 radical (unpaired) electrons. The molecular weight excluding hydrogens is 436 g/mol. The number of carboxylic acids is 1. The van der Waals surface area contributed by atoms with Gasteiger partial charge in [0.2, 0.25) is 0 Å². The van der Waals surface area contributed by atoms with Gasteiger partial charge in [0.25, 0.3) is 0 Å². The van der Waals surface area contributed by atoms with Gasteiger partial charge in [0, 0.05) is 18.3 Å². The minimum atomic E-state index is -1.51. The molecule has 0 heterocycles. The maximum atomic E-state index is 11.0. The first-order valence-electron chi connectivity index (χ1n) is 15.4. The minimum absolute atomic E-state index is 0.292. The van der Waals surface area contributed by atoms with E-state index in [2.05, 4.69) is 13.8 Å². The lowest BCUT2D eigenvalue weighted by molar-refractivity contribution is -0.313. The smallest absolute Gasteiger partial charge is 0.303 e. The predicted molar refractivity (Wildman–Crippen MR) is 149 cm³/mol. The molecule has 35 heavy (non-hydrogen) atoms. The highest BCUT2D eigenvalue weighted by Crippen LogP contribution is 2.69. The molecule has 0 aromatic carbocycles. The van der Waals surface area contributed by atoms with Crippen molar-refractivity contribution in [3.63, 3.8) is 0 Å². The molecule has 4 heteroatoms. The van der Waals surface area contributed by atoms with Crippen molar-refractivity contribution in [1.82, 2.24) is 0 Å². The number of rotatable bonds is 4. The van der Waals surface area contributed by atoms with Crippen LogP contribution in [0.25, 0.3) is 0 Å². The van der Waals surface area contributed by atoms with Crippen molar-refractivity contribution in [1.29, 1.82) is 0 Å². The number of hydrogen-bond acceptors (Lipinski definition) is 3. The van der Waals surface area contributed by atoms with E-state index >= 15 is 0 Å². The summed E-state index contributed by atoms with van der Waals surface area (Å²) in [6.45, 7) is 20.7. The number of carboxylic acid groups (broad SMARTS) is 1. The van der Waals surface area contributed by atoms with Crippen LogP contribution in [0.1, 0.15) is 146 Å². The van der Waals surface area contributed by atoms with Crippen LogP contribution in [0, 0.1) is 40.4 Å². The van der Waals surface area contributed by atoms with E-state index in [1.807, 2.05) is 55.4 Å². The van der Waals surface area contributed by atoms with Gasteiger partial charge < -0.3 is 15.3 Å². The summed E-state index contributed by atoms with van der Waals surface area (Å²) in [4.78, 5) is 10.9. The fourth-order valence-electron chi connectivity index (χ4n) is 8.45. The zero-order valence-corrected chi connectivity index (χ0v) is 25.1. The first-order chi connectivity index (χ1) is 16.7. The van der Waals surface area contributed by atoms with Crippen molar-refractivity contribution < 1.29 is 20.1 Å². The molecule has 7 atom stereocenters. The fraction of sp³-hybridized carbons (Fsp3) is 0.968. The molecule has 7 unspecified atom stereocenters. The number of aliphatic carboxylic acids is 1. The summed E-state index contributed by atoms with van der Waals surface area (Å²) < 4.78 is 0. The second-order valence-corrected chi connectivity index (χ2v) is 10.7. The van der Waals surface area contributed by atoms with Gasteiger partial charge in [0.1, 0.15) is 0 Å². The number of carbonyl (C=O) groups is 1. The largest absolute Gasteiger partial charge is 0.481 e. The van der Waals surface area contributed by atoms with Gasteiger partial charge in [-0.25, -0.2) is 0 Å². The number of fused-ring (bicyclic) bond motifs is 5. The average Bonchev–Trinajstić information content (AvgIpc) is 3.21. The van der Waals surface area contributed by atoms with Crippen LogP contribution < -0.4 is 0 Å². The van der Waals surface area contributed by atoms with Crippen LogP contribution in [-0.4, -0.2) is 27.1 Å². The Morgan fingerprint density at radius 1 is 0.771 bits per heavy atom. The van der Waals surface area contributed by atoms with Crippen LogP contribution in [0.4, 0.5) is 0 Å². The van der Waals surface area contributed by atoms with E-state index in [-0.39, 0.29) is 5.41 Å². The van der Waals surface area contributed by atoms with Crippen LogP contribution in [-0.2, 0) is 4.79 Å². The second kappa shape index (κ2) is 15.6. The van der Waals surface area contributed by atoms with Crippen LogP contribution in [0.3, 0.4) is 0 Å². The summed E-state index contributed by atoms with van der Waals surface area (Å²) >= 11 is 0. The topological polar surface area (TPSA) is 77.8 Å². The van der Waals surface area contributed by atoms with Gasteiger partial charge in [-0.1, -0.05) is 69.2 Å². The molecule has 4 rings (SSSR count). The van der Waals surface area contributed by atoms with E-state index < -0.39 is 11.8 Å². The quantitative estimate of drug-likeness (QED) is 0.339. The molecule has 4 nitrogen and oxygen atoms in total. The van der Waals surface area contributed by atoms with Gasteiger partial charge in [-0.15, -0.1) is 0 Å². The maximum Gasteiger partial charge on any atom is 0.303 e. The summed E-state index contributed by atoms with van der Waals surface area (Å²) in [7, 11) is 0. The molecule has 3 N–H and O–H groups in total. The van der Waals surface area contributed by atoms with Crippen molar-refractivity contribution >= 4 is 5.97 Å². The van der Waals surface area contributed by atoms with E-state index in [9.17, 15) is 15.0 Å². The zero-order chi connectivity index (χ0) is 27.4. The summed E-state index contributed by atoms with van der Waals surface area (Å²) in [5.41, 5.74) is -0.0258. The molecule has 0 saturated heterocycles. The Balaban J connectivity index is 0.00000132. The molecule has 4 aliphatic carbocycles. The van der Waals surface area contributed by atoms with Crippen LogP contribution >= 0.6 is 0 Å². The summed E-state index contributed by atoms with van der Waals surface area (Å²) in [5.74, 6) is 0.652. The molecule has 210 valence electrons.